The summed E-state index contributed by atoms with van der Waals surface area (Å²) < 4.78 is 2.24. The molecular formula is C17H23N3S. The summed E-state index contributed by atoms with van der Waals surface area (Å²) in [6.07, 6.45) is 3.52. The number of hydrogen-bond donors (Lipinski definition) is 0. The Morgan fingerprint density at radius 3 is 2.71 bits per heavy atom. The van der Waals surface area contributed by atoms with Crippen LogP contribution in [-0.4, -0.2) is 40.5 Å². The molecule has 2 saturated heterocycles. The third-order valence-corrected chi connectivity index (χ3v) is 5.79. The number of hydrogen-bond acceptors (Lipinski definition) is 3. The maximum absolute atomic E-state index is 2.64. The first-order valence-electron chi connectivity index (χ1n) is 7.79. The summed E-state index contributed by atoms with van der Waals surface area (Å²) in [4.78, 5) is 5.24. The van der Waals surface area contributed by atoms with Gasteiger partial charge in [-0.1, -0.05) is 0 Å². The highest BCUT2D eigenvalue weighted by Gasteiger charge is 2.47. The second-order valence-electron chi connectivity index (χ2n) is 6.85. The summed E-state index contributed by atoms with van der Waals surface area (Å²) in [6, 6.07) is 6.64. The van der Waals surface area contributed by atoms with E-state index in [9.17, 15) is 0 Å². The molecule has 2 aromatic heterocycles. The minimum absolute atomic E-state index is 0.585. The lowest BCUT2D eigenvalue weighted by molar-refractivity contribution is 0.000233. The SMILES string of the molecule is Cn1cccc1CN1CC2(CCN(Cc3ccsc3)C2)C1. The minimum atomic E-state index is 0.585. The van der Waals surface area contributed by atoms with Crippen LogP contribution in [0, 0.1) is 5.41 Å². The molecule has 0 saturated carbocycles. The van der Waals surface area contributed by atoms with Gasteiger partial charge in [-0.05, 0) is 47.5 Å². The Kier molecular flexibility index (Phi) is 3.40. The first kappa shape index (κ1) is 13.6. The highest BCUT2D eigenvalue weighted by Crippen LogP contribution is 2.40. The van der Waals surface area contributed by atoms with Crippen molar-refractivity contribution in [1.82, 2.24) is 14.4 Å². The largest absolute Gasteiger partial charge is 0.353 e. The Labute approximate surface area is 130 Å². The first-order valence-corrected chi connectivity index (χ1v) is 8.73. The van der Waals surface area contributed by atoms with E-state index in [4.69, 9.17) is 0 Å². The Hall–Kier alpha value is -1.10. The van der Waals surface area contributed by atoms with E-state index in [0.717, 1.165) is 13.1 Å². The smallest absolute Gasteiger partial charge is 0.0387 e. The molecule has 0 amide bonds. The Bertz CT molecular complexity index is 595. The van der Waals surface area contributed by atoms with Crippen molar-refractivity contribution >= 4 is 11.3 Å². The van der Waals surface area contributed by atoms with Crippen LogP contribution in [0.25, 0.3) is 0 Å². The van der Waals surface area contributed by atoms with Crippen LogP contribution in [0.1, 0.15) is 17.7 Å². The quantitative estimate of drug-likeness (QED) is 0.860. The maximum atomic E-state index is 2.64. The second kappa shape index (κ2) is 5.27. The zero-order chi connectivity index (χ0) is 14.3. The molecule has 4 rings (SSSR count). The van der Waals surface area contributed by atoms with E-state index >= 15 is 0 Å². The van der Waals surface area contributed by atoms with Crippen LogP contribution in [0.2, 0.25) is 0 Å². The number of aromatic nitrogens is 1. The van der Waals surface area contributed by atoms with Crippen LogP contribution in [0.4, 0.5) is 0 Å². The minimum Gasteiger partial charge on any atom is -0.353 e. The lowest BCUT2D eigenvalue weighted by Crippen LogP contribution is -2.56. The topological polar surface area (TPSA) is 11.4 Å². The van der Waals surface area contributed by atoms with Crippen molar-refractivity contribution in [2.45, 2.75) is 19.5 Å². The highest BCUT2D eigenvalue weighted by atomic mass is 32.1. The fourth-order valence-corrected chi connectivity index (χ4v) is 4.63. The fraction of sp³-hybridized carbons (Fsp3) is 0.529. The lowest BCUT2D eigenvalue weighted by atomic mass is 9.79. The van der Waals surface area contributed by atoms with Gasteiger partial charge in [0, 0.05) is 57.1 Å². The van der Waals surface area contributed by atoms with Crippen molar-refractivity contribution in [1.29, 1.82) is 0 Å². The summed E-state index contributed by atoms with van der Waals surface area (Å²) >= 11 is 1.81. The fourth-order valence-electron chi connectivity index (χ4n) is 3.97. The van der Waals surface area contributed by atoms with Crippen molar-refractivity contribution in [2.24, 2.45) is 12.5 Å². The summed E-state index contributed by atoms with van der Waals surface area (Å²) in [6.45, 7) is 7.36. The third kappa shape index (κ3) is 2.68. The average Bonchev–Trinajstić information content (AvgIpc) is 3.13. The molecule has 3 nitrogen and oxygen atoms in total. The molecule has 112 valence electrons. The predicted octanol–water partition coefficient (Wildman–Crippen LogP) is 2.79. The van der Waals surface area contributed by atoms with E-state index in [0.29, 0.717) is 5.41 Å². The predicted molar refractivity (Wildman–Crippen MR) is 87.3 cm³/mol. The maximum Gasteiger partial charge on any atom is 0.0387 e. The Morgan fingerprint density at radius 1 is 1.14 bits per heavy atom. The van der Waals surface area contributed by atoms with Gasteiger partial charge in [0.2, 0.25) is 0 Å². The molecule has 0 atom stereocenters. The van der Waals surface area contributed by atoms with Crippen LogP contribution in [0.15, 0.2) is 35.2 Å². The molecule has 0 unspecified atom stereocenters. The van der Waals surface area contributed by atoms with Crippen LogP contribution >= 0.6 is 11.3 Å². The summed E-state index contributed by atoms with van der Waals surface area (Å²) in [5, 5.41) is 4.47. The molecular weight excluding hydrogens is 278 g/mol. The average molecular weight is 301 g/mol. The molecule has 0 aliphatic carbocycles. The molecule has 0 N–H and O–H groups in total. The first-order chi connectivity index (χ1) is 10.2. The van der Waals surface area contributed by atoms with Crippen LogP contribution in [0.5, 0.6) is 0 Å². The van der Waals surface area contributed by atoms with Crippen molar-refractivity contribution in [3.8, 4) is 0 Å². The van der Waals surface area contributed by atoms with Gasteiger partial charge in [0.05, 0.1) is 0 Å². The molecule has 2 fully saturated rings. The second-order valence-corrected chi connectivity index (χ2v) is 7.63. The molecule has 4 heterocycles. The number of nitrogens with zero attached hydrogens (tertiary/aromatic N) is 3. The van der Waals surface area contributed by atoms with Crippen molar-refractivity contribution in [3.63, 3.8) is 0 Å². The van der Waals surface area contributed by atoms with Crippen LogP contribution in [0.3, 0.4) is 0 Å². The Balaban J connectivity index is 1.30. The van der Waals surface area contributed by atoms with Gasteiger partial charge in [-0.15, -0.1) is 0 Å². The van der Waals surface area contributed by atoms with E-state index in [1.54, 1.807) is 0 Å². The molecule has 1 spiro atoms. The molecule has 4 heteroatoms. The van der Waals surface area contributed by atoms with Gasteiger partial charge in [-0.3, -0.25) is 9.80 Å². The van der Waals surface area contributed by atoms with E-state index < -0.39 is 0 Å². The number of aryl methyl sites for hydroxylation is 1. The summed E-state index contributed by atoms with van der Waals surface area (Å²) in [5.74, 6) is 0. The molecule has 0 radical (unpaired) electrons. The lowest BCUT2D eigenvalue weighted by Gasteiger charge is -2.48. The van der Waals surface area contributed by atoms with E-state index in [-0.39, 0.29) is 0 Å². The van der Waals surface area contributed by atoms with E-state index in [1.165, 1.54) is 43.9 Å². The van der Waals surface area contributed by atoms with Gasteiger partial charge < -0.3 is 4.57 Å². The van der Waals surface area contributed by atoms with Gasteiger partial charge in [0.25, 0.3) is 0 Å². The molecule has 2 aliphatic rings. The molecule has 21 heavy (non-hydrogen) atoms. The Morgan fingerprint density at radius 2 is 2.00 bits per heavy atom. The number of likely N-dealkylation sites (tertiary alicyclic amines) is 2. The van der Waals surface area contributed by atoms with E-state index in [2.05, 4.69) is 56.6 Å². The van der Waals surface area contributed by atoms with Crippen molar-refractivity contribution < 1.29 is 0 Å². The van der Waals surface area contributed by atoms with Gasteiger partial charge in [-0.2, -0.15) is 11.3 Å². The van der Waals surface area contributed by atoms with Crippen molar-refractivity contribution in [3.05, 3.63) is 46.4 Å². The van der Waals surface area contributed by atoms with Gasteiger partial charge >= 0.3 is 0 Å². The molecule has 0 aromatic carbocycles. The standard InChI is InChI=1S/C17H23N3S/c1-18-6-2-3-16(18)10-20-13-17(14-20)5-7-19(12-17)9-15-4-8-21-11-15/h2-4,6,8,11H,5,7,9-10,12-14H2,1H3. The molecule has 2 aromatic rings. The summed E-state index contributed by atoms with van der Waals surface area (Å²) in [5.41, 5.74) is 3.50. The molecule has 2 aliphatic heterocycles. The van der Waals surface area contributed by atoms with Gasteiger partial charge in [-0.25, -0.2) is 0 Å². The molecule has 0 bridgehead atoms. The third-order valence-electron chi connectivity index (χ3n) is 5.06. The monoisotopic (exact) mass is 301 g/mol. The number of thiophene rings is 1. The van der Waals surface area contributed by atoms with Gasteiger partial charge in [0.1, 0.15) is 0 Å². The number of rotatable bonds is 4. The normalized spacial score (nSPS) is 22.0. The summed E-state index contributed by atoms with van der Waals surface area (Å²) in [7, 11) is 2.14. The van der Waals surface area contributed by atoms with Crippen LogP contribution < -0.4 is 0 Å². The zero-order valence-corrected chi connectivity index (χ0v) is 13.5. The van der Waals surface area contributed by atoms with Gasteiger partial charge in [0.15, 0.2) is 0 Å². The van der Waals surface area contributed by atoms with E-state index in [1.807, 2.05) is 11.3 Å². The highest BCUT2D eigenvalue weighted by molar-refractivity contribution is 7.07. The van der Waals surface area contributed by atoms with Crippen molar-refractivity contribution in [2.75, 3.05) is 26.2 Å². The van der Waals surface area contributed by atoms with Crippen LogP contribution in [-0.2, 0) is 20.1 Å². The zero-order valence-electron chi connectivity index (χ0n) is 12.7.